The summed E-state index contributed by atoms with van der Waals surface area (Å²) in [6.07, 6.45) is 7.25. The zero-order valence-electron chi connectivity index (χ0n) is 17.5. The second-order valence-corrected chi connectivity index (χ2v) is 9.02. The van der Waals surface area contributed by atoms with Gasteiger partial charge in [-0.15, -0.1) is 0 Å². The summed E-state index contributed by atoms with van der Waals surface area (Å²) in [4.78, 5) is 37.8. The second kappa shape index (κ2) is 8.34. The molecule has 1 aromatic carbocycles. The van der Waals surface area contributed by atoms with Crippen molar-refractivity contribution in [1.82, 2.24) is 19.8 Å². The first-order valence-corrected chi connectivity index (χ1v) is 11.3. The summed E-state index contributed by atoms with van der Waals surface area (Å²) in [5.74, 6) is 1.03. The van der Waals surface area contributed by atoms with Crippen molar-refractivity contribution in [3.8, 4) is 0 Å². The molecule has 1 saturated heterocycles. The lowest BCUT2D eigenvalue weighted by Gasteiger charge is -2.32. The fraction of sp³-hybridized carbons (Fsp3) is 0.542. The van der Waals surface area contributed by atoms with Crippen LogP contribution in [0.15, 0.2) is 35.1 Å². The highest BCUT2D eigenvalue weighted by atomic mass is 16.2. The Morgan fingerprint density at radius 1 is 1.10 bits per heavy atom. The Labute approximate surface area is 177 Å². The van der Waals surface area contributed by atoms with Crippen LogP contribution in [0.5, 0.6) is 0 Å². The maximum atomic E-state index is 12.7. The number of fused-ring (bicyclic) bond motifs is 1. The molecule has 1 atom stereocenters. The number of aromatic nitrogens is 2. The number of carbonyl (C=O) groups excluding carboxylic acids is 1. The molecular formula is C24H30N4O2. The maximum absolute atomic E-state index is 12.7. The van der Waals surface area contributed by atoms with Gasteiger partial charge in [0, 0.05) is 43.7 Å². The van der Waals surface area contributed by atoms with E-state index in [9.17, 15) is 9.59 Å². The van der Waals surface area contributed by atoms with Crippen molar-refractivity contribution in [1.29, 1.82) is 0 Å². The molecule has 1 aromatic heterocycles. The minimum atomic E-state index is 0.0233. The van der Waals surface area contributed by atoms with E-state index in [2.05, 4.69) is 9.88 Å². The van der Waals surface area contributed by atoms with E-state index in [1.807, 2.05) is 35.2 Å². The number of benzene rings is 1. The molecule has 0 radical (unpaired) electrons. The minimum Gasteiger partial charge on any atom is -0.342 e. The summed E-state index contributed by atoms with van der Waals surface area (Å²) >= 11 is 0. The Balaban J connectivity index is 1.28. The number of nitrogens with zero attached hydrogens (tertiary/aromatic N) is 3. The van der Waals surface area contributed by atoms with Gasteiger partial charge in [0.1, 0.15) is 5.82 Å². The average molecular weight is 407 g/mol. The lowest BCUT2D eigenvalue weighted by molar-refractivity contribution is -0.129. The molecule has 3 aliphatic rings. The van der Waals surface area contributed by atoms with Crippen LogP contribution in [-0.2, 0) is 24.2 Å². The van der Waals surface area contributed by atoms with Crippen molar-refractivity contribution in [2.24, 2.45) is 0 Å². The summed E-state index contributed by atoms with van der Waals surface area (Å²) in [6.45, 7) is 3.12. The predicted octanol–water partition coefficient (Wildman–Crippen LogP) is 2.63. The fourth-order valence-corrected chi connectivity index (χ4v) is 5.35. The van der Waals surface area contributed by atoms with Gasteiger partial charge in [-0.25, -0.2) is 4.98 Å². The molecule has 2 fully saturated rings. The molecule has 3 heterocycles. The van der Waals surface area contributed by atoms with Gasteiger partial charge in [-0.1, -0.05) is 43.2 Å². The van der Waals surface area contributed by atoms with Gasteiger partial charge in [-0.05, 0) is 31.2 Å². The van der Waals surface area contributed by atoms with Crippen LogP contribution in [0.3, 0.4) is 0 Å². The number of hydrogen-bond donors (Lipinski definition) is 1. The van der Waals surface area contributed by atoms with Crippen LogP contribution in [-0.4, -0.2) is 51.4 Å². The van der Waals surface area contributed by atoms with E-state index < -0.39 is 0 Å². The molecule has 158 valence electrons. The van der Waals surface area contributed by atoms with Crippen molar-refractivity contribution in [2.75, 3.05) is 19.6 Å². The summed E-state index contributed by atoms with van der Waals surface area (Å²) < 4.78 is 0. The number of aromatic amines is 1. The zero-order valence-corrected chi connectivity index (χ0v) is 17.5. The Bertz CT molecular complexity index is 965. The number of amides is 1. The zero-order chi connectivity index (χ0) is 20.5. The lowest BCUT2D eigenvalue weighted by Crippen LogP contribution is -2.41. The molecule has 1 amide bonds. The van der Waals surface area contributed by atoms with Gasteiger partial charge in [0.05, 0.1) is 12.1 Å². The molecule has 2 aromatic rings. The summed E-state index contributed by atoms with van der Waals surface area (Å²) in [5.41, 5.74) is 2.89. The van der Waals surface area contributed by atoms with Gasteiger partial charge >= 0.3 is 0 Å². The molecule has 1 aliphatic carbocycles. The van der Waals surface area contributed by atoms with E-state index in [0.717, 1.165) is 55.1 Å². The fourth-order valence-electron chi connectivity index (χ4n) is 5.35. The van der Waals surface area contributed by atoms with Gasteiger partial charge in [0.2, 0.25) is 5.91 Å². The van der Waals surface area contributed by atoms with Gasteiger partial charge in [-0.2, -0.15) is 0 Å². The number of rotatable bonds is 4. The molecule has 6 heteroatoms. The van der Waals surface area contributed by atoms with Gasteiger partial charge < -0.3 is 9.88 Å². The van der Waals surface area contributed by atoms with E-state index in [1.54, 1.807) is 0 Å². The van der Waals surface area contributed by atoms with Crippen LogP contribution < -0.4 is 5.56 Å². The van der Waals surface area contributed by atoms with E-state index in [4.69, 9.17) is 4.98 Å². The molecule has 2 aliphatic heterocycles. The quantitative estimate of drug-likeness (QED) is 0.848. The predicted molar refractivity (Wildman–Crippen MR) is 115 cm³/mol. The Hall–Kier alpha value is -2.47. The lowest BCUT2D eigenvalue weighted by atomic mass is 10.0. The topological polar surface area (TPSA) is 69.3 Å². The first-order valence-electron chi connectivity index (χ1n) is 11.3. The normalized spacial score (nSPS) is 22.4. The largest absolute Gasteiger partial charge is 0.342 e. The van der Waals surface area contributed by atoms with E-state index in [-0.39, 0.29) is 17.4 Å². The van der Waals surface area contributed by atoms with Crippen molar-refractivity contribution in [2.45, 2.75) is 63.5 Å². The Morgan fingerprint density at radius 2 is 1.90 bits per heavy atom. The summed E-state index contributed by atoms with van der Waals surface area (Å²) in [5, 5.41) is 0. The van der Waals surface area contributed by atoms with Crippen molar-refractivity contribution in [3.63, 3.8) is 0 Å². The van der Waals surface area contributed by atoms with Crippen molar-refractivity contribution in [3.05, 3.63) is 63.3 Å². The third-order valence-corrected chi connectivity index (χ3v) is 7.09. The first kappa shape index (κ1) is 19.5. The Morgan fingerprint density at radius 3 is 2.70 bits per heavy atom. The van der Waals surface area contributed by atoms with E-state index in [1.165, 1.54) is 25.7 Å². The molecule has 1 unspecified atom stereocenters. The minimum absolute atomic E-state index is 0.0233. The molecular weight excluding hydrogens is 376 g/mol. The average Bonchev–Trinajstić information content (AvgIpc) is 3.46. The summed E-state index contributed by atoms with van der Waals surface area (Å²) in [6, 6.07) is 10.5. The highest BCUT2D eigenvalue weighted by Crippen LogP contribution is 2.29. The van der Waals surface area contributed by atoms with Gasteiger partial charge in [0.25, 0.3) is 5.56 Å². The van der Waals surface area contributed by atoms with Crippen LogP contribution >= 0.6 is 0 Å². The summed E-state index contributed by atoms with van der Waals surface area (Å²) in [7, 11) is 0. The number of H-pyrrole nitrogens is 1. The molecule has 30 heavy (non-hydrogen) atoms. The van der Waals surface area contributed by atoms with Crippen LogP contribution in [0.1, 0.15) is 60.7 Å². The van der Waals surface area contributed by atoms with Crippen molar-refractivity contribution >= 4 is 5.91 Å². The van der Waals surface area contributed by atoms with Crippen LogP contribution in [0.2, 0.25) is 0 Å². The first-order chi connectivity index (χ1) is 14.7. The molecule has 1 saturated carbocycles. The maximum Gasteiger partial charge on any atom is 0.254 e. The molecule has 0 spiro atoms. The third-order valence-electron chi connectivity index (χ3n) is 7.09. The number of likely N-dealkylation sites (tertiary alicyclic amines) is 1. The monoisotopic (exact) mass is 406 g/mol. The standard InChI is InChI=1S/C24H30N4O2/c29-22(14-17-6-2-1-3-7-17)28-12-10-18(15-28)23-25-21-16-27(19-8-4-5-9-19)13-11-20(21)24(30)26-23/h1-3,6-7,18-19H,4-5,8-16H2,(H,25,26,30). The molecule has 1 N–H and O–H groups in total. The third kappa shape index (κ3) is 3.93. The van der Waals surface area contributed by atoms with E-state index in [0.29, 0.717) is 19.0 Å². The number of nitrogens with one attached hydrogen (secondary N) is 1. The van der Waals surface area contributed by atoms with Crippen LogP contribution in [0.25, 0.3) is 0 Å². The van der Waals surface area contributed by atoms with Crippen LogP contribution in [0.4, 0.5) is 0 Å². The highest BCUT2D eigenvalue weighted by molar-refractivity contribution is 5.79. The van der Waals surface area contributed by atoms with E-state index >= 15 is 0 Å². The van der Waals surface area contributed by atoms with Gasteiger partial charge in [0.15, 0.2) is 0 Å². The molecule has 5 rings (SSSR count). The van der Waals surface area contributed by atoms with Crippen molar-refractivity contribution < 1.29 is 4.79 Å². The smallest absolute Gasteiger partial charge is 0.254 e. The van der Waals surface area contributed by atoms with Gasteiger partial charge in [-0.3, -0.25) is 14.5 Å². The number of carbonyl (C=O) groups is 1. The van der Waals surface area contributed by atoms with Crippen LogP contribution in [0, 0.1) is 0 Å². The Kier molecular flexibility index (Phi) is 5.42. The SMILES string of the molecule is O=C(Cc1ccccc1)N1CCC(c2nc3c(c(=O)[nH]2)CCN(C2CCCC2)C3)C1. The highest BCUT2D eigenvalue weighted by Gasteiger charge is 2.32. The molecule has 6 nitrogen and oxygen atoms in total. The second-order valence-electron chi connectivity index (χ2n) is 9.02. The molecule has 0 bridgehead atoms. The number of hydrogen-bond acceptors (Lipinski definition) is 4.